The summed E-state index contributed by atoms with van der Waals surface area (Å²) in [7, 11) is -4.02. The van der Waals surface area contributed by atoms with Crippen LogP contribution < -0.4 is 5.14 Å². The highest BCUT2D eigenvalue weighted by Crippen LogP contribution is 2.34. The second-order valence-corrected chi connectivity index (χ2v) is 7.74. The molecule has 2 rings (SSSR count). The van der Waals surface area contributed by atoms with Crippen molar-refractivity contribution in [3.8, 4) is 0 Å². The summed E-state index contributed by atoms with van der Waals surface area (Å²) in [4.78, 5) is 14.0. The number of likely N-dealkylation sites (tertiary alicyclic amines) is 1. The molecule has 2 atom stereocenters. The first-order chi connectivity index (χ1) is 9.62. The molecule has 1 amide bonds. The van der Waals surface area contributed by atoms with Crippen molar-refractivity contribution in [2.45, 2.75) is 31.2 Å². The number of rotatable bonds is 2. The summed E-state index contributed by atoms with van der Waals surface area (Å²) < 4.78 is 23.0. The largest absolute Gasteiger partial charge is 0.336 e. The first-order valence-corrected chi connectivity index (χ1v) is 8.75. The van der Waals surface area contributed by atoms with Gasteiger partial charge in [0.1, 0.15) is 4.90 Å². The van der Waals surface area contributed by atoms with Crippen LogP contribution >= 0.6 is 23.2 Å². The molecule has 2 unspecified atom stereocenters. The molecule has 1 aromatic carbocycles. The first kappa shape index (κ1) is 16.5. The number of carbonyl (C=O) groups is 1. The van der Waals surface area contributed by atoms with Crippen LogP contribution in [0.3, 0.4) is 0 Å². The molecule has 0 bridgehead atoms. The molecule has 116 valence electrons. The van der Waals surface area contributed by atoms with Crippen LogP contribution in [0.5, 0.6) is 0 Å². The predicted octanol–water partition coefficient (Wildman–Crippen LogP) is 2.51. The smallest absolute Gasteiger partial charge is 0.257 e. The summed E-state index contributed by atoms with van der Waals surface area (Å²) >= 11 is 12.1. The zero-order valence-electron chi connectivity index (χ0n) is 11.6. The topological polar surface area (TPSA) is 80.5 Å². The third kappa shape index (κ3) is 3.18. The van der Waals surface area contributed by atoms with Crippen molar-refractivity contribution >= 4 is 39.1 Å². The molecule has 0 aliphatic carbocycles. The van der Waals surface area contributed by atoms with Gasteiger partial charge in [0.2, 0.25) is 10.0 Å². The van der Waals surface area contributed by atoms with E-state index in [0.29, 0.717) is 12.5 Å². The van der Waals surface area contributed by atoms with E-state index in [-0.39, 0.29) is 32.5 Å². The second kappa shape index (κ2) is 5.76. The Morgan fingerprint density at radius 1 is 1.33 bits per heavy atom. The Kier molecular flexibility index (Phi) is 4.54. The van der Waals surface area contributed by atoms with Crippen LogP contribution in [-0.2, 0) is 10.0 Å². The summed E-state index contributed by atoms with van der Waals surface area (Å²) in [5, 5.41) is 4.99. The molecule has 1 saturated heterocycles. The first-order valence-electron chi connectivity index (χ1n) is 6.44. The molecule has 1 aliphatic heterocycles. The molecule has 8 heteroatoms. The fraction of sp³-hybridized carbons (Fsp3) is 0.462. The number of sulfonamides is 1. The number of primary sulfonamides is 1. The predicted molar refractivity (Wildman–Crippen MR) is 82.1 cm³/mol. The minimum Gasteiger partial charge on any atom is -0.336 e. The van der Waals surface area contributed by atoms with Crippen LogP contribution in [0.1, 0.15) is 30.6 Å². The Morgan fingerprint density at radius 2 is 1.95 bits per heavy atom. The highest BCUT2D eigenvalue weighted by atomic mass is 35.5. The number of benzene rings is 1. The van der Waals surface area contributed by atoms with Gasteiger partial charge in [-0.25, -0.2) is 13.6 Å². The van der Waals surface area contributed by atoms with Crippen LogP contribution in [0.2, 0.25) is 10.0 Å². The number of halogens is 2. The monoisotopic (exact) mass is 350 g/mol. The molecule has 0 saturated carbocycles. The van der Waals surface area contributed by atoms with Gasteiger partial charge >= 0.3 is 0 Å². The molecule has 5 nitrogen and oxygen atoms in total. The third-order valence-corrected chi connectivity index (χ3v) is 5.39. The van der Waals surface area contributed by atoms with Crippen molar-refractivity contribution in [3.05, 3.63) is 27.7 Å². The van der Waals surface area contributed by atoms with E-state index in [1.54, 1.807) is 4.90 Å². The van der Waals surface area contributed by atoms with Gasteiger partial charge in [-0.2, -0.15) is 0 Å². The van der Waals surface area contributed by atoms with Gasteiger partial charge in [-0.15, -0.1) is 0 Å². The summed E-state index contributed by atoms with van der Waals surface area (Å²) in [5.41, 5.74) is -0.00851. The number of nitrogens with zero attached hydrogens (tertiary/aromatic N) is 1. The highest BCUT2D eigenvalue weighted by Gasteiger charge is 2.33. The fourth-order valence-corrected chi connectivity index (χ4v) is 4.14. The molecular formula is C13H16Cl2N2O3S. The Morgan fingerprint density at radius 3 is 2.43 bits per heavy atom. The van der Waals surface area contributed by atoms with Gasteiger partial charge in [0.25, 0.3) is 5.91 Å². The summed E-state index contributed by atoms with van der Waals surface area (Å²) in [6.45, 7) is 4.58. The third-order valence-electron chi connectivity index (χ3n) is 3.62. The van der Waals surface area contributed by atoms with Gasteiger partial charge in [-0.05, 0) is 31.4 Å². The lowest BCUT2D eigenvalue weighted by Crippen LogP contribution is -2.34. The van der Waals surface area contributed by atoms with Crippen LogP contribution in [0.15, 0.2) is 17.0 Å². The lowest BCUT2D eigenvalue weighted by molar-refractivity contribution is 0.0744. The van der Waals surface area contributed by atoms with E-state index in [2.05, 4.69) is 0 Å². The minimum atomic E-state index is -4.02. The van der Waals surface area contributed by atoms with Gasteiger partial charge < -0.3 is 4.90 Å². The van der Waals surface area contributed by atoms with E-state index in [9.17, 15) is 13.2 Å². The van der Waals surface area contributed by atoms with E-state index in [0.717, 1.165) is 6.42 Å². The molecule has 0 spiro atoms. The zero-order valence-corrected chi connectivity index (χ0v) is 14.0. The standard InChI is InChI=1S/C13H16Cl2N2O3S/c1-7-5-8(2)17(6-7)13(18)11-9(14)3-4-10(12(11)15)21(16,19)20/h3-4,7-8H,5-6H2,1-2H3,(H2,16,19,20). The summed E-state index contributed by atoms with van der Waals surface area (Å²) in [5.74, 6) is 0.00951. The lowest BCUT2D eigenvalue weighted by atomic mass is 10.1. The molecule has 0 radical (unpaired) electrons. The average Bonchev–Trinajstić information content (AvgIpc) is 2.66. The second-order valence-electron chi connectivity index (χ2n) is 5.43. The molecule has 1 aromatic rings. The van der Waals surface area contributed by atoms with Crippen molar-refractivity contribution in [3.63, 3.8) is 0 Å². The number of nitrogens with two attached hydrogens (primary N) is 1. The van der Waals surface area contributed by atoms with Crippen LogP contribution in [0, 0.1) is 5.92 Å². The van der Waals surface area contributed by atoms with E-state index in [1.807, 2.05) is 13.8 Å². The Labute approximate surface area is 134 Å². The molecule has 1 heterocycles. The quantitative estimate of drug-likeness (QED) is 0.889. The van der Waals surface area contributed by atoms with Crippen molar-refractivity contribution in [2.75, 3.05) is 6.54 Å². The van der Waals surface area contributed by atoms with E-state index in [1.165, 1.54) is 12.1 Å². The fourth-order valence-electron chi connectivity index (χ4n) is 2.68. The maximum absolute atomic E-state index is 12.6. The van der Waals surface area contributed by atoms with Crippen molar-refractivity contribution < 1.29 is 13.2 Å². The van der Waals surface area contributed by atoms with Crippen molar-refractivity contribution in [1.29, 1.82) is 0 Å². The average molecular weight is 351 g/mol. The molecule has 21 heavy (non-hydrogen) atoms. The number of hydrogen-bond donors (Lipinski definition) is 1. The van der Waals surface area contributed by atoms with Gasteiger partial charge in [0, 0.05) is 12.6 Å². The lowest BCUT2D eigenvalue weighted by Gasteiger charge is -2.23. The number of amides is 1. The van der Waals surface area contributed by atoms with Crippen LogP contribution in [0.4, 0.5) is 0 Å². The number of carbonyl (C=O) groups excluding carboxylic acids is 1. The number of hydrogen-bond acceptors (Lipinski definition) is 3. The summed E-state index contributed by atoms with van der Waals surface area (Å²) in [6, 6.07) is 2.58. The van der Waals surface area contributed by atoms with Crippen LogP contribution in [0.25, 0.3) is 0 Å². The van der Waals surface area contributed by atoms with Crippen LogP contribution in [-0.4, -0.2) is 31.8 Å². The normalized spacial score (nSPS) is 22.6. The van der Waals surface area contributed by atoms with Crippen molar-refractivity contribution in [2.24, 2.45) is 11.1 Å². The SMILES string of the molecule is CC1CC(C)N(C(=O)c2c(Cl)ccc(S(N)(=O)=O)c2Cl)C1. The van der Waals surface area contributed by atoms with Gasteiger partial charge in [0.15, 0.2) is 0 Å². The Bertz CT molecular complexity index is 691. The van der Waals surface area contributed by atoms with Gasteiger partial charge in [0.05, 0.1) is 15.6 Å². The maximum Gasteiger partial charge on any atom is 0.257 e. The van der Waals surface area contributed by atoms with Gasteiger partial charge in [-0.1, -0.05) is 30.1 Å². The molecule has 0 aromatic heterocycles. The molecule has 1 aliphatic rings. The van der Waals surface area contributed by atoms with E-state index < -0.39 is 10.0 Å². The maximum atomic E-state index is 12.6. The van der Waals surface area contributed by atoms with E-state index in [4.69, 9.17) is 28.3 Å². The molecule has 2 N–H and O–H groups in total. The van der Waals surface area contributed by atoms with Gasteiger partial charge in [-0.3, -0.25) is 4.79 Å². The molecule has 1 fully saturated rings. The Balaban J connectivity index is 2.51. The van der Waals surface area contributed by atoms with Crippen molar-refractivity contribution in [1.82, 2.24) is 4.90 Å². The minimum absolute atomic E-state index is 0.00851. The highest BCUT2D eigenvalue weighted by molar-refractivity contribution is 7.89. The van der Waals surface area contributed by atoms with E-state index >= 15 is 0 Å². The summed E-state index contributed by atoms with van der Waals surface area (Å²) in [6.07, 6.45) is 0.885. The zero-order chi connectivity index (χ0) is 15.9. The molecular weight excluding hydrogens is 335 g/mol. The Hall–Kier alpha value is -0.820.